The van der Waals surface area contributed by atoms with Crippen LogP contribution < -0.4 is 0 Å². The molecule has 1 fully saturated rings. The Morgan fingerprint density at radius 2 is 1.97 bits per heavy atom. The molecule has 0 saturated carbocycles. The van der Waals surface area contributed by atoms with E-state index in [1.807, 2.05) is 25.1 Å². The maximum Gasteiger partial charge on any atom is 0.254 e. The lowest BCUT2D eigenvalue weighted by Gasteiger charge is -2.25. The van der Waals surface area contributed by atoms with E-state index in [-0.39, 0.29) is 35.8 Å². The summed E-state index contributed by atoms with van der Waals surface area (Å²) in [6.07, 6.45) is 2.99. The molecule has 37 heavy (non-hydrogen) atoms. The van der Waals surface area contributed by atoms with Crippen molar-refractivity contribution in [3.63, 3.8) is 0 Å². The lowest BCUT2D eigenvalue weighted by atomic mass is 10.1. The van der Waals surface area contributed by atoms with Gasteiger partial charge in [0, 0.05) is 31.4 Å². The van der Waals surface area contributed by atoms with E-state index in [2.05, 4.69) is 4.98 Å². The van der Waals surface area contributed by atoms with Crippen molar-refractivity contribution < 1.29 is 27.1 Å². The van der Waals surface area contributed by atoms with Crippen LogP contribution in [0.2, 0.25) is 0 Å². The van der Waals surface area contributed by atoms with E-state index in [0.29, 0.717) is 31.0 Å². The molecule has 0 spiro atoms. The first-order chi connectivity index (χ1) is 17.8. The minimum absolute atomic E-state index is 0.0761. The summed E-state index contributed by atoms with van der Waals surface area (Å²) >= 11 is 0. The third-order valence-electron chi connectivity index (χ3n) is 6.47. The zero-order chi connectivity index (χ0) is 26.4. The lowest BCUT2D eigenvalue weighted by Crippen LogP contribution is -2.35. The van der Waals surface area contributed by atoms with Crippen LogP contribution in [0.3, 0.4) is 0 Å². The van der Waals surface area contributed by atoms with Crippen LogP contribution in [0.4, 0.5) is 4.39 Å². The zero-order valence-electron chi connectivity index (χ0n) is 21.1. The van der Waals surface area contributed by atoms with Gasteiger partial charge in [0.2, 0.25) is 15.0 Å². The minimum atomic E-state index is -3.99. The van der Waals surface area contributed by atoms with Crippen LogP contribution in [0, 0.1) is 12.7 Å². The van der Waals surface area contributed by atoms with Gasteiger partial charge in [-0.2, -0.15) is 0 Å². The molecular weight excluding hydrogens is 497 g/mol. The molecule has 1 aliphatic heterocycles. The van der Waals surface area contributed by atoms with Gasteiger partial charge >= 0.3 is 0 Å². The maximum atomic E-state index is 14.3. The Morgan fingerprint density at radius 3 is 2.68 bits per heavy atom. The highest BCUT2D eigenvalue weighted by atomic mass is 32.2. The number of aryl methyl sites for hydroxylation is 1. The van der Waals surface area contributed by atoms with Crippen LogP contribution in [-0.2, 0) is 38.2 Å². The summed E-state index contributed by atoms with van der Waals surface area (Å²) < 4.78 is 53.8. The average Bonchev–Trinajstić information content (AvgIpc) is 3.54. The number of imidazole rings is 1. The van der Waals surface area contributed by atoms with Gasteiger partial charge in [0.25, 0.3) is 5.91 Å². The highest BCUT2D eigenvalue weighted by molar-refractivity contribution is 7.90. The maximum absolute atomic E-state index is 14.3. The van der Waals surface area contributed by atoms with Gasteiger partial charge in [0.1, 0.15) is 5.82 Å². The molecule has 2 aromatic carbocycles. The summed E-state index contributed by atoms with van der Waals surface area (Å²) in [6.45, 7) is 3.51. The number of halogens is 1. The molecule has 1 amide bonds. The summed E-state index contributed by atoms with van der Waals surface area (Å²) in [6, 6.07) is 13.1. The second kappa shape index (κ2) is 12.0. The first-order valence-electron chi connectivity index (χ1n) is 12.3. The standard InChI is InChI=1S/C27H32FN3O5S/c1-20-8-3-5-11-24(20)26(32)30(13-15-35-2)17-22-16-29-27(31(22)18-23-10-7-14-36-23)37(33,34)19-21-9-4-6-12-25(21)28/h3-6,8-9,11-12,16,23H,7,10,13-15,17-19H2,1-2H3. The summed E-state index contributed by atoms with van der Waals surface area (Å²) in [5.41, 5.74) is 2.04. The van der Waals surface area contributed by atoms with E-state index >= 15 is 0 Å². The fraction of sp³-hybridized carbons (Fsp3) is 0.407. The number of carbonyl (C=O) groups excluding carboxylic acids is 1. The van der Waals surface area contributed by atoms with Crippen LogP contribution in [0.15, 0.2) is 59.9 Å². The van der Waals surface area contributed by atoms with Crippen molar-refractivity contribution in [1.82, 2.24) is 14.5 Å². The Hall–Kier alpha value is -3.08. The molecular formula is C27H32FN3O5S. The van der Waals surface area contributed by atoms with Gasteiger partial charge in [-0.15, -0.1) is 0 Å². The Morgan fingerprint density at radius 1 is 1.22 bits per heavy atom. The van der Waals surface area contributed by atoms with E-state index in [9.17, 15) is 17.6 Å². The third kappa shape index (κ3) is 6.44. The Bertz CT molecular complexity index is 1340. The third-order valence-corrected chi connectivity index (χ3v) is 8.05. The normalized spacial score (nSPS) is 15.7. The average molecular weight is 530 g/mol. The molecule has 1 saturated heterocycles. The highest BCUT2D eigenvalue weighted by Crippen LogP contribution is 2.24. The number of ether oxygens (including phenoxy) is 2. The number of amides is 1. The molecule has 1 aliphatic rings. The van der Waals surface area contributed by atoms with Gasteiger partial charge in [-0.1, -0.05) is 36.4 Å². The molecule has 1 aromatic heterocycles. The molecule has 1 unspecified atom stereocenters. The van der Waals surface area contributed by atoms with Gasteiger partial charge in [-0.3, -0.25) is 4.79 Å². The number of hydrogen-bond acceptors (Lipinski definition) is 6. The SMILES string of the molecule is COCCN(Cc1cnc(S(=O)(=O)Cc2ccccc2F)n1CC1CCCO1)C(=O)c1ccccc1C. The molecule has 0 radical (unpaired) electrons. The fourth-order valence-electron chi connectivity index (χ4n) is 4.47. The van der Waals surface area contributed by atoms with Crippen LogP contribution in [-0.4, -0.2) is 61.7 Å². The Kier molecular flexibility index (Phi) is 8.73. The van der Waals surface area contributed by atoms with Crippen molar-refractivity contribution in [2.24, 2.45) is 0 Å². The second-order valence-corrected chi connectivity index (χ2v) is 11.0. The van der Waals surface area contributed by atoms with E-state index in [1.54, 1.807) is 28.7 Å². The molecule has 2 heterocycles. The molecule has 8 nitrogen and oxygen atoms in total. The van der Waals surface area contributed by atoms with Crippen LogP contribution in [0.1, 0.15) is 40.0 Å². The van der Waals surface area contributed by atoms with Crippen molar-refractivity contribution in [1.29, 1.82) is 0 Å². The van der Waals surface area contributed by atoms with E-state index in [0.717, 1.165) is 18.4 Å². The number of rotatable bonds is 11. The predicted octanol–water partition coefficient (Wildman–Crippen LogP) is 3.77. The summed E-state index contributed by atoms with van der Waals surface area (Å²) in [5.74, 6) is -1.29. The largest absolute Gasteiger partial charge is 0.383 e. The van der Waals surface area contributed by atoms with Crippen molar-refractivity contribution >= 4 is 15.7 Å². The van der Waals surface area contributed by atoms with E-state index < -0.39 is 21.4 Å². The number of hydrogen-bond donors (Lipinski definition) is 0. The monoisotopic (exact) mass is 529 g/mol. The van der Waals surface area contributed by atoms with Crippen LogP contribution in [0.25, 0.3) is 0 Å². The number of benzene rings is 2. The molecule has 1 atom stereocenters. The van der Waals surface area contributed by atoms with Gasteiger partial charge in [0.05, 0.1) is 43.4 Å². The second-order valence-electron chi connectivity index (χ2n) is 9.16. The van der Waals surface area contributed by atoms with E-state index in [4.69, 9.17) is 9.47 Å². The first kappa shape index (κ1) is 27.0. The molecule has 4 rings (SSSR count). The van der Waals surface area contributed by atoms with Crippen molar-refractivity contribution in [3.05, 3.63) is 82.9 Å². The van der Waals surface area contributed by atoms with Crippen molar-refractivity contribution in [2.45, 2.75) is 49.9 Å². The lowest BCUT2D eigenvalue weighted by molar-refractivity contribution is 0.0668. The van der Waals surface area contributed by atoms with Gasteiger partial charge in [-0.05, 0) is 37.5 Å². The summed E-state index contributed by atoms with van der Waals surface area (Å²) in [5, 5.41) is -0.156. The van der Waals surface area contributed by atoms with Crippen LogP contribution >= 0.6 is 0 Å². The van der Waals surface area contributed by atoms with Crippen molar-refractivity contribution in [2.75, 3.05) is 26.9 Å². The smallest absolute Gasteiger partial charge is 0.254 e. The molecule has 0 aliphatic carbocycles. The topological polar surface area (TPSA) is 90.7 Å². The Labute approximate surface area is 216 Å². The van der Waals surface area contributed by atoms with Crippen LogP contribution in [0.5, 0.6) is 0 Å². The number of methoxy groups -OCH3 is 1. The molecule has 10 heteroatoms. The first-order valence-corrected chi connectivity index (χ1v) is 13.9. The highest BCUT2D eigenvalue weighted by Gasteiger charge is 2.29. The predicted molar refractivity (Wildman–Crippen MR) is 136 cm³/mol. The zero-order valence-corrected chi connectivity index (χ0v) is 21.9. The number of nitrogens with zero attached hydrogens (tertiary/aromatic N) is 3. The minimum Gasteiger partial charge on any atom is -0.383 e. The molecule has 3 aromatic rings. The number of sulfone groups is 1. The molecule has 198 valence electrons. The molecule has 0 N–H and O–H groups in total. The van der Waals surface area contributed by atoms with Gasteiger partial charge < -0.3 is 18.9 Å². The van der Waals surface area contributed by atoms with E-state index in [1.165, 1.54) is 24.4 Å². The summed E-state index contributed by atoms with van der Waals surface area (Å²) in [7, 11) is -2.43. The van der Waals surface area contributed by atoms with Gasteiger partial charge in [0.15, 0.2) is 0 Å². The molecule has 0 bridgehead atoms. The van der Waals surface area contributed by atoms with Gasteiger partial charge in [-0.25, -0.2) is 17.8 Å². The van der Waals surface area contributed by atoms with Crippen molar-refractivity contribution in [3.8, 4) is 0 Å². The fourth-order valence-corrected chi connectivity index (χ4v) is 5.98. The Balaban J connectivity index is 1.69. The number of aromatic nitrogens is 2. The summed E-state index contributed by atoms with van der Waals surface area (Å²) in [4.78, 5) is 19.4. The quantitative estimate of drug-likeness (QED) is 0.376. The number of carbonyl (C=O) groups is 1.